The molecule has 2 aromatic carbocycles. The van der Waals surface area contributed by atoms with Gasteiger partial charge in [-0.3, -0.25) is 14.9 Å². The quantitative estimate of drug-likeness (QED) is 0.407. The molecule has 0 bridgehead atoms. The molecule has 0 saturated heterocycles. The van der Waals surface area contributed by atoms with E-state index in [9.17, 15) is 14.4 Å². The molecule has 2 aliphatic carbocycles. The number of hydrogen-bond donors (Lipinski definition) is 3. The lowest BCUT2D eigenvalue weighted by molar-refractivity contribution is -0.138. The Hall–Kier alpha value is -4.07. The predicted molar refractivity (Wildman–Crippen MR) is 128 cm³/mol. The van der Waals surface area contributed by atoms with Crippen molar-refractivity contribution >= 4 is 23.7 Å². The van der Waals surface area contributed by atoms with E-state index >= 15 is 0 Å². The zero-order valence-electron chi connectivity index (χ0n) is 19.0. The van der Waals surface area contributed by atoms with Crippen molar-refractivity contribution in [3.8, 4) is 11.1 Å². The van der Waals surface area contributed by atoms with Gasteiger partial charge in [0.15, 0.2) is 0 Å². The second kappa shape index (κ2) is 9.66. The number of carboxylic acids is 1. The van der Waals surface area contributed by atoms with Crippen molar-refractivity contribution in [1.82, 2.24) is 5.32 Å². The third-order valence-electron chi connectivity index (χ3n) is 6.70. The number of ether oxygens (including phenoxy) is 1. The van der Waals surface area contributed by atoms with Gasteiger partial charge in [-0.15, -0.1) is 0 Å². The molecule has 8 nitrogen and oxygen atoms in total. The van der Waals surface area contributed by atoms with Crippen LogP contribution in [0.5, 0.6) is 0 Å². The predicted octanol–water partition coefficient (Wildman–Crippen LogP) is 4.87. The van der Waals surface area contributed by atoms with Crippen LogP contribution in [0, 0.1) is 11.8 Å². The number of aliphatic carboxylic acids is 1. The molecule has 0 radical (unpaired) electrons. The molecule has 180 valence electrons. The van der Waals surface area contributed by atoms with E-state index in [1.54, 1.807) is 0 Å². The van der Waals surface area contributed by atoms with E-state index in [2.05, 4.69) is 22.8 Å². The number of amides is 2. The molecule has 0 spiro atoms. The van der Waals surface area contributed by atoms with Crippen LogP contribution in [0.1, 0.15) is 46.9 Å². The van der Waals surface area contributed by atoms with E-state index in [4.69, 9.17) is 14.3 Å². The molecule has 0 aliphatic heterocycles. The van der Waals surface area contributed by atoms with Gasteiger partial charge < -0.3 is 19.6 Å². The van der Waals surface area contributed by atoms with E-state index in [1.165, 1.54) is 12.3 Å². The standard InChI is InChI=1S/C27H26N2O6/c30-24(31)13-17(16-9-10-16)14-28-26(32)25-23(11-12-34-25)29-27(33)35-15-22-20-7-3-1-5-18(20)19-6-2-4-8-21(19)22/h1-8,11-12,16-17,22H,9-10,13-15H2,(H,28,32)(H,29,33)(H,30,31). The molecule has 8 heteroatoms. The van der Waals surface area contributed by atoms with Gasteiger partial charge >= 0.3 is 12.1 Å². The third kappa shape index (κ3) is 4.91. The molecular weight excluding hydrogens is 448 g/mol. The largest absolute Gasteiger partial charge is 0.481 e. The van der Waals surface area contributed by atoms with E-state index in [0.29, 0.717) is 5.92 Å². The summed E-state index contributed by atoms with van der Waals surface area (Å²) < 4.78 is 10.8. The minimum absolute atomic E-state index is 0.00790. The molecule has 5 rings (SSSR count). The summed E-state index contributed by atoms with van der Waals surface area (Å²) in [6, 6.07) is 17.6. The van der Waals surface area contributed by atoms with E-state index in [1.807, 2.05) is 36.4 Å². The van der Waals surface area contributed by atoms with Gasteiger partial charge in [0.05, 0.1) is 18.4 Å². The molecule has 35 heavy (non-hydrogen) atoms. The number of furan rings is 1. The number of carbonyl (C=O) groups excluding carboxylic acids is 2. The highest BCUT2D eigenvalue weighted by atomic mass is 16.5. The highest BCUT2D eigenvalue weighted by Gasteiger charge is 2.33. The monoisotopic (exact) mass is 474 g/mol. The van der Waals surface area contributed by atoms with Gasteiger partial charge in [0, 0.05) is 18.5 Å². The molecule has 3 aromatic rings. The van der Waals surface area contributed by atoms with Crippen molar-refractivity contribution in [2.45, 2.75) is 25.2 Å². The van der Waals surface area contributed by atoms with Gasteiger partial charge in [0.1, 0.15) is 6.61 Å². The molecule has 2 aliphatic rings. The lowest BCUT2D eigenvalue weighted by Gasteiger charge is -2.15. The Morgan fingerprint density at radius 3 is 2.29 bits per heavy atom. The molecule has 1 unspecified atom stereocenters. The number of anilines is 1. The summed E-state index contributed by atoms with van der Waals surface area (Å²) in [6.45, 7) is 0.387. The van der Waals surface area contributed by atoms with Crippen LogP contribution in [-0.2, 0) is 9.53 Å². The number of rotatable bonds is 9. The molecule has 1 atom stereocenters. The number of fused-ring (bicyclic) bond motifs is 3. The fraction of sp³-hybridized carbons (Fsp3) is 0.296. The molecule has 1 saturated carbocycles. The summed E-state index contributed by atoms with van der Waals surface area (Å²) in [5, 5.41) is 14.4. The smallest absolute Gasteiger partial charge is 0.411 e. The maximum atomic E-state index is 12.6. The van der Waals surface area contributed by atoms with Crippen molar-refractivity contribution in [2.24, 2.45) is 11.8 Å². The van der Waals surface area contributed by atoms with Gasteiger partial charge in [0.25, 0.3) is 5.91 Å². The minimum atomic E-state index is -0.883. The first kappa shape index (κ1) is 22.7. The minimum Gasteiger partial charge on any atom is -0.481 e. The summed E-state index contributed by atoms with van der Waals surface area (Å²) in [7, 11) is 0. The number of hydrogen-bond acceptors (Lipinski definition) is 5. The number of benzene rings is 2. The molecule has 1 heterocycles. The zero-order chi connectivity index (χ0) is 24.4. The molecule has 2 amide bonds. The first-order chi connectivity index (χ1) is 17.0. The topological polar surface area (TPSA) is 118 Å². The maximum absolute atomic E-state index is 12.6. The van der Waals surface area contributed by atoms with Crippen LogP contribution in [0.25, 0.3) is 11.1 Å². The number of carbonyl (C=O) groups is 3. The van der Waals surface area contributed by atoms with Crippen molar-refractivity contribution < 1.29 is 28.6 Å². The Morgan fingerprint density at radius 1 is 1.00 bits per heavy atom. The summed E-state index contributed by atoms with van der Waals surface area (Å²) in [5.41, 5.74) is 4.69. The van der Waals surface area contributed by atoms with Gasteiger partial charge in [0.2, 0.25) is 5.76 Å². The van der Waals surface area contributed by atoms with Crippen molar-refractivity contribution in [3.05, 3.63) is 77.7 Å². The van der Waals surface area contributed by atoms with Crippen LogP contribution in [0.15, 0.2) is 65.3 Å². The van der Waals surface area contributed by atoms with Gasteiger partial charge in [-0.1, -0.05) is 48.5 Å². The van der Waals surface area contributed by atoms with Crippen LogP contribution in [0.3, 0.4) is 0 Å². The lowest BCUT2D eigenvalue weighted by Crippen LogP contribution is -2.31. The average Bonchev–Trinajstić information content (AvgIpc) is 3.52. The number of nitrogens with one attached hydrogen (secondary N) is 2. The summed E-state index contributed by atoms with van der Waals surface area (Å²) in [5.74, 6) is -1.32. The Labute approximate surface area is 202 Å². The molecular formula is C27H26N2O6. The third-order valence-corrected chi connectivity index (χ3v) is 6.70. The van der Waals surface area contributed by atoms with E-state index in [-0.39, 0.29) is 42.9 Å². The van der Waals surface area contributed by atoms with Gasteiger partial charge in [-0.2, -0.15) is 0 Å². The van der Waals surface area contributed by atoms with Crippen LogP contribution in [0.4, 0.5) is 10.5 Å². The molecule has 3 N–H and O–H groups in total. The summed E-state index contributed by atoms with van der Waals surface area (Å²) in [6.07, 6.45) is 2.58. The second-order valence-corrected chi connectivity index (χ2v) is 9.02. The second-order valence-electron chi connectivity index (χ2n) is 9.02. The SMILES string of the molecule is O=C(O)CC(CNC(=O)c1occc1NC(=O)OCC1c2ccccc2-c2ccccc21)C1CC1. The summed E-state index contributed by atoms with van der Waals surface area (Å²) in [4.78, 5) is 36.3. The zero-order valence-corrected chi connectivity index (χ0v) is 19.0. The average molecular weight is 475 g/mol. The Kier molecular flexibility index (Phi) is 6.27. The highest BCUT2D eigenvalue weighted by Crippen LogP contribution is 2.44. The van der Waals surface area contributed by atoms with Crippen LogP contribution in [0.2, 0.25) is 0 Å². The number of carboxylic acid groups (broad SMARTS) is 1. The van der Waals surface area contributed by atoms with Crippen molar-refractivity contribution in [3.63, 3.8) is 0 Å². The van der Waals surface area contributed by atoms with Crippen LogP contribution < -0.4 is 10.6 Å². The van der Waals surface area contributed by atoms with Gasteiger partial charge in [-0.25, -0.2) is 4.79 Å². The van der Waals surface area contributed by atoms with Crippen molar-refractivity contribution in [2.75, 3.05) is 18.5 Å². The normalized spacial score (nSPS) is 15.1. The lowest BCUT2D eigenvalue weighted by atomic mass is 9.98. The van der Waals surface area contributed by atoms with Gasteiger partial charge in [-0.05, 0) is 46.9 Å². The Balaban J connectivity index is 1.19. The molecule has 1 aromatic heterocycles. The van der Waals surface area contributed by atoms with Crippen molar-refractivity contribution in [1.29, 1.82) is 0 Å². The highest BCUT2D eigenvalue weighted by molar-refractivity contribution is 6.00. The molecule has 1 fully saturated rings. The Morgan fingerprint density at radius 2 is 1.66 bits per heavy atom. The summed E-state index contributed by atoms with van der Waals surface area (Å²) >= 11 is 0. The first-order valence-corrected chi connectivity index (χ1v) is 11.7. The fourth-order valence-electron chi connectivity index (χ4n) is 4.83. The first-order valence-electron chi connectivity index (χ1n) is 11.7. The maximum Gasteiger partial charge on any atom is 0.411 e. The Bertz CT molecular complexity index is 1220. The van der Waals surface area contributed by atoms with E-state index < -0.39 is 18.0 Å². The van der Waals surface area contributed by atoms with Crippen LogP contribution in [-0.4, -0.2) is 36.2 Å². The van der Waals surface area contributed by atoms with Crippen LogP contribution >= 0.6 is 0 Å². The van der Waals surface area contributed by atoms with E-state index in [0.717, 1.165) is 35.1 Å². The fourth-order valence-corrected chi connectivity index (χ4v) is 4.83.